The van der Waals surface area contributed by atoms with Gasteiger partial charge in [0.1, 0.15) is 0 Å². The highest BCUT2D eigenvalue weighted by molar-refractivity contribution is 7.00. The van der Waals surface area contributed by atoms with Crippen LogP contribution in [0.3, 0.4) is 0 Å². The zero-order valence-corrected chi connectivity index (χ0v) is 30.0. The van der Waals surface area contributed by atoms with Crippen molar-refractivity contribution in [3.63, 3.8) is 0 Å². The van der Waals surface area contributed by atoms with Crippen LogP contribution in [0, 0.1) is 0 Å². The number of halogens is 4. The van der Waals surface area contributed by atoms with Gasteiger partial charge in [-0.3, -0.25) is 0 Å². The quantitative estimate of drug-likeness (QED) is 0.161. The van der Waals surface area contributed by atoms with Crippen LogP contribution in [0.1, 0.15) is 22.3 Å². The molecule has 1 aliphatic rings. The van der Waals surface area contributed by atoms with Crippen molar-refractivity contribution in [1.29, 1.82) is 0 Å². The molecule has 16 heteroatoms. The van der Waals surface area contributed by atoms with Crippen LogP contribution in [0.4, 0.5) is 0 Å². The molecule has 1 heterocycles. The lowest BCUT2D eigenvalue weighted by atomic mass is 10.2. The second-order valence-electron chi connectivity index (χ2n) is 10.1. The Morgan fingerprint density at radius 1 is 0.341 bits per heavy atom. The average Bonchev–Trinajstić information content (AvgIpc) is 3.04. The van der Waals surface area contributed by atoms with E-state index in [0.29, 0.717) is 0 Å². The number of rotatable bonds is 8. The molecule has 232 valence electrons. The molecule has 8 nitrogen and oxygen atoms in total. The van der Waals surface area contributed by atoms with E-state index >= 15 is 0 Å². The van der Waals surface area contributed by atoms with Crippen LogP contribution < -0.4 is 20.7 Å². The van der Waals surface area contributed by atoms with Gasteiger partial charge < -0.3 is 35.6 Å². The Hall–Kier alpha value is -1.41. The molecule has 1 fully saturated rings. The van der Waals surface area contributed by atoms with Crippen molar-refractivity contribution in [2.24, 2.45) is 0 Å². The Kier molecular flexibility index (Phi) is 10.6. The normalized spacial score (nSPS) is 27.5. The predicted molar refractivity (Wildman–Crippen MR) is 179 cm³/mol. The van der Waals surface area contributed by atoms with Gasteiger partial charge in [0.2, 0.25) is 0 Å². The van der Waals surface area contributed by atoms with Crippen molar-refractivity contribution in [2.45, 2.75) is 23.5 Å². The topological polar surface area (TPSA) is 118 Å². The number of benzene rings is 4. The van der Waals surface area contributed by atoms with Crippen LogP contribution in [0.5, 0.6) is 0 Å². The van der Waals surface area contributed by atoms with Gasteiger partial charge in [-0.15, -0.1) is 46.4 Å². The summed E-state index contributed by atoms with van der Waals surface area (Å²) in [7, 11) is -19.3. The number of hydrogen-bond donors (Lipinski definition) is 4. The summed E-state index contributed by atoms with van der Waals surface area (Å²) in [6.45, 7) is 0. The SMILES string of the molecule is O[Si]1(c2ccc(CCl)cc2)O[Si](O)(c2ccc(CCl)cc2)O[Si](O)(c2ccc(CCl)cc2)O[Si](O)(c2ccc(CCl)cc2)O1. The molecule has 4 aromatic carbocycles. The monoisotopic (exact) mass is 744 g/mol. The van der Waals surface area contributed by atoms with E-state index in [4.69, 9.17) is 62.9 Å². The van der Waals surface area contributed by atoms with Crippen molar-refractivity contribution < 1.29 is 35.6 Å². The van der Waals surface area contributed by atoms with E-state index in [1.807, 2.05) is 0 Å². The van der Waals surface area contributed by atoms with E-state index in [-0.39, 0.29) is 44.3 Å². The zero-order valence-electron chi connectivity index (χ0n) is 23.0. The molecule has 1 aliphatic heterocycles. The van der Waals surface area contributed by atoms with E-state index in [1.165, 1.54) is 48.5 Å². The van der Waals surface area contributed by atoms with Crippen LogP contribution in [0.2, 0.25) is 0 Å². The molecule has 4 N–H and O–H groups in total. The van der Waals surface area contributed by atoms with Crippen LogP contribution >= 0.6 is 46.4 Å². The maximum absolute atomic E-state index is 12.2. The van der Waals surface area contributed by atoms with Gasteiger partial charge in [0.25, 0.3) is 0 Å². The molecule has 0 aromatic heterocycles. The van der Waals surface area contributed by atoms with Crippen LogP contribution in [0.15, 0.2) is 97.1 Å². The van der Waals surface area contributed by atoms with Crippen molar-refractivity contribution in [1.82, 2.24) is 0 Å². The summed E-state index contributed by atoms with van der Waals surface area (Å²) in [4.78, 5) is 49.0. The highest BCUT2D eigenvalue weighted by atomic mass is 35.5. The molecule has 0 amide bonds. The van der Waals surface area contributed by atoms with Gasteiger partial charge in [0, 0.05) is 44.3 Å². The van der Waals surface area contributed by atoms with E-state index in [1.54, 1.807) is 48.5 Å². The summed E-state index contributed by atoms with van der Waals surface area (Å²) < 4.78 is 24.9. The molecule has 0 saturated carbocycles. The summed E-state index contributed by atoms with van der Waals surface area (Å²) in [5.41, 5.74) is 3.01. The van der Waals surface area contributed by atoms with E-state index in [2.05, 4.69) is 0 Å². The van der Waals surface area contributed by atoms with Gasteiger partial charge in [0.05, 0.1) is 0 Å². The molecule has 4 aromatic rings. The lowest BCUT2D eigenvalue weighted by Crippen LogP contribution is -2.80. The van der Waals surface area contributed by atoms with E-state index in [9.17, 15) is 19.2 Å². The van der Waals surface area contributed by atoms with Crippen LogP contribution in [0.25, 0.3) is 0 Å². The molecule has 44 heavy (non-hydrogen) atoms. The summed E-state index contributed by atoms with van der Waals surface area (Å²) >= 11 is 23.9. The Balaban J connectivity index is 1.71. The first-order chi connectivity index (χ1) is 21.0. The smallest absolute Gasteiger partial charge is 0.387 e. The fourth-order valence-corrected chi connectivity index (χ4v) is 19.5. The Morgan fingerprint density at radius 3 is 0.636 bits per heavy atom. The summed E-state index contributed by atoms with van der Waals surface area (Å²) in [5.74, 6) is 0.859. The fraction of sp³-hybridized carbons (Fsp3) is 0.143. The molecule has 1 saturated heterocycles. The van der Waals surface area contributed by atoms with Crippen molar-refractivity contribution in [3.05, 3.63) is 119 Å². The van der Waals surface area contributed by atoms with Gasteiger partial charge in [-0.25, -0.2) is 0 Å². The first-order valence-corrected chi connectivity index (χ1v) is 22.5. The van der Waals surface area contributed by atoms with Crippen molar-refractivity contribution in [3.8, 4) is 0 Å². The molecule has 5 rings (SSSR count). The lowest BCUT2D eigenvalue weighted by molar-refractivity contribution is 0.0938. The highest BCUT2D eigenvalue weighted by Crippen LogP contribution is 2.28. The lowest BCUT2D eigenvalue weighted by Gasteiger charge is -2.44. The second kappa shape index (κ2) is 13.7. The average molecular weight is 747 g/mol. The van der Waals surface area contributed by atoms with Crippen molar-refractivity contribution >= 4 is 102 Å². The Labute approximate surface area is 279 Å². The molecular formula is C28H28Cl4O8Si4. The largest absolute Gasteiger partial charge is 0.520 e. The zero-order chi connectivity index (χ0) is 31.6. The molecule has 0 aliphatic carbocycles. The molecule has 0 spiro atoms. The first kappa shape index (κ1) is 33.9. The summed E-state index contributed by atoms with van der Waals surface area (Å²) in [6.07, 6.45) is 0. The highest BCUT2D eigenvalue weighted by Gasteiger charge is 2.67. The van der Waals surface area contributed by atoms with Crippen LogP contribution in [-0.2, 0) is 40.0 Å². The third kappa shape index (κ3) is 7.11. The minimum atomic E-state index is -4.82. The number of hydrogen-bond acceptors (Lipinski definition) is 8. The minimum absolute atomic E-state index is 0.142. The molecular weight excluding hydrogens is 718 g/mol. The second-order valence-corrected chi connectivity index (χ2v) is 21.4. The van der Waals surface area contributed by atoms with Gasteiger partial charge >= 0.3 is 35.2 Å². The van der Waals surface area contributed by atoms with Gasteiger partial charge in [-0.1, -0.05) is 97.1 Å². The van der Waals surface area contributed by atoms with Gasteiger partial charge in [-0.05, 0) is 22.3 Å². The van der Waals surface area contributed by atoms with Gasteiger partial charge in [0.15, 0.2) is 0 Å². The van der Waals surface area contributed by atoms with Crippen molar-refractivity contribution in [2.75, 3.05) is 0 Å². The molecule has 0 unspecified atom stereocenters. The minimum Gasteiger partial charge on any atom is -0.387 e. The summed E-state index contributed by atoms with van der Waals surface area (Å²) in [5, 5.41) is 0.569. The van der Waals surface area contributed by atoms with E-state index < -0.39 is 35.2 Å². The third-order valence-corrected chi connectivity index (χ3v) is 21.3. The Bertz CT molecular complexity index is 1320. The van der Waals surface area contributed by atoms with Gasteiger partial charge in [-0.2, -0.15) is 0 Å². The maximum atomic E-state index is 12.2. The predicted octanol–water partition coefficient (Wildman–Crippen LogP) is 2.38. The number of alkyl halides is 4. The van der Waals surface area contributed by atoms with Crippen LogP contribution in [-0.4, -0.2) is 54.4 Å². The third-order valence-electron chi connectivity index (χ3n) is 7.00. The maximum Gasteiger partial charge on any atom is 0.520 e. The Morgan fingerprint density at radius 2 is 0.500 bits per heavy atom. The molecule has 0 radical (unpaired) electrons. The van der Waals surface area contributed by atoms with E-state index in [0.717, 1.165) is 22.3 Å². The molecule has 0 atom stereocenters. The standard InChI is InChI=1S/C28H28Cl4O8Si4/c29-17-21-1-9-25(10-2-21)41(33)37-42(34,26-11-3-22(18-30)4-12-26)39-44(36,28-15-7-24(20-32)8-16-28)40-43(35,38-41)27-13-5-23(19-31)6-14-27/h1-16,33-36H,17-20H2. The fourth-order valence-electron chi connectivity index (χ4n) is 4.52. The summed E-state index contributed by atoms with van der Waals surface area (Å²) in [6, 6.07) is 25.6. The molecule has 0 bridgehead atoms. The first-order valence-electron chi connectivity index (χ1n) is 13.3.